The van der Waals surface area contributed by atoms with E-state index in [4.69, 9.17) is 11.5 Å². The highest BCUT2D eigenvalue weighted by atomic mass is 16.6. The number of nitrogen functional groups attached to an aromatic ring is 1. The lowest BCUT2D eigenvalue weighted by molar-refractivity contribution is -0.122. The summed E-state index contributed by atoms with van der Waals surface area (Å²) in [4.78, 5) is 20.2. The minimum Gasteiger partial charge on any atom is -0.396 e. The fourth-order valence-corrected chi connectivity index (χ4v) is 2.44. The highest BCUT2D eigenvalue weighted by Gasteiger charge is 2.28. The Morgan fingerprint density at radius 2 is 2.04 bits per heavy atom. The van der Waals surface area contributed by atoms with Gasteiger partial charge in [-0.3, -0.25) is 9.78 Å². The molecule has 3 rings (SSSR count). The molecule has 0 aliphatic heterocycles. The number of carbonyl (C=O) groups is 1. The van der Waals surface area contributed by atoms with Gasteiger partial charge in [0.1, 0.15) is 0 Å². The Balaban J connectivity index is 1.94. The SMILES string of the molecule is Cc1nc2nonc2c(N)c1Cc1ccc(C(C)(C)C(N)=O)nc1. The van der Waals surface area contributed by atoms with Crippen molar-refractivity contribution < 1.29 is 9.42 Å². The number of amides is 1. The number of fused-ring (bicyclic) bond motifs is 1. The number of aromatic nitrogens is 4. The van der Waals surface area contributed by atoms with E-state index in [1.54, 1.807) is 26.1 Å². The van der Waals surface area contributed by atoms with Crippen LogP contribution in [-0.4, -0.2) is 26.2 Å². The molecule has 124 valence electrons. The first-order chi connectivity index (χ1) is 11.3. The highest BCUT2D eigenvalue weighted by molar-refractivity contribution is 5.86. The fourth-order valence-electron chi connectivity index (χ4n) is 2.44. The van der Waals surface area contributed by atoms with Gasteiger partial charge >= 0.3 is 0 Å². The van der Waals surface area contributed by atoms with E-state index in [0.717, 1.165) is 16.8 Å². The number of carbonyl (C=O) groups excluding carboxylic acids is 1. The van der Waals surface area contributed by atoms with Crippen LogP contribution in [0.2, 0.25) is 0 Å². The van der Waals surface area contributed by atoms with Gasteiger partial charge in [0.2, 0.25) is 11.6 Å². The second kappa shape index (κ2) is 5.55. The Kier molecular flexibility index (Phi) is 3.67. The van der Waals surface area contributed by atoms with E-state index in [1.165, 1.54) is 0 Å². The zero-order chi connectivity index (χ0) is 17.5. The number of nitrogens with zero attached hydrogens (tertiary/aromatic N) is 4. The Hall–Kier alpha value is -3.03. The normalized spacial score (nSPS) is 11.8. The predicted molar refractivity (Wildman–Crippen MR) is 88.0 cm³/mol. The van der Waals surface area contributed by atoms with Gasteiger partial charge in [-0.1, -0.05) is 6.07 Å². The van der Waals surface area contributed by atoms with Crippen LogP contribution in [0.1, 0.15) is 36.4 Å². The lowest BCUT2D eigenvalue weighted by atomic mass is 9.87. The number of primary amides is 1. The van der Waals surface area contributed by atoms with Gasteiger partial charge < -0.3 is 11.5 Å². The smallest absolute Gasteiger partial charge is 0.229 e. The molecule has 0 radical (unpaired) electrons. The van der Waals surface area contributed by atoms with Crippen LogP contribution in [0.25, 0.3) is 11.2 Å². The van der Waals surface area contributed by atoms with Crippen LogP contribution in [0, 0.1) is 6.92 Å². The van der Waals surface area contributed by atoms with E-state index in [2.05, 4.69) is 24.9 Å². The van der Waals surface area contributed by atoms with E-state index in [-0.39, 0.29) is 0 Å². The molecule has 3 heterocycles. The maximum absolute atomic E-state index is 11.5. The minimum atomic E-state index is -0.819. The average Bonchev–Trinajstić information content (AvgIpc) is 3.00. The summed E-state index contributed by atoms with van der Waals surface area (Å²) in [5.41, 5.74) is 15.3. The lowest BCUT2D eigenvalue weighted by Gasteiger charge is -2.19. The van der Waals surface area contributed by atoms with Crippen molar-refractivity contribution in [1.82, 2.24) is 20.3 Å². The summed E-state index contributed by atoms with van der Waals surface area (Å²) in [6, 6.07) is 3.70. The Labute approximate surface area is 138 Å². The molecule has 8 heteroatoms. The maximum Gasteiger partial charge on any atom is 0.229 e. The van der Waals surface area contributed by atoms with Crippen LogP contribution in [0.3, 0.4) is 0 Å². The van der Waals surface area contributed by atoms with Crippen LogP contribution in [0.15, 0.2) is 23.0 Å². The second-order valence-electron chi connectivity index (χ2n) is 6.24. The molecule has 1 amide bonds. The average molecular weight is 326 g/mol. The van der Waals surface area contributed by atoms with E-state index in [1.807, 2.05) is 13.0 Å². The van der Waals surface area contributed by atoms with Crippen LogP contribution in [0.5, 0.6) is 0 Å². The monoisotopic (exact) mass is 326 g/mol. The van der Waals surface area contributed by atoms with Gasteiger partial charge in [-0.05, 0) is 42.7 Å². The third-order valence-corrected chi connectivity index (χ3v) is 4.22. The van der Waals surface area contributed by atoms with E-state index in [0.29, 0.717) is 29.0 Å². The first kappa shape index (κ1) is 15.9. The number of anilines is 1. The van der Waals surface area contributed by atoms with Crippen LogP contribution in [-0.2, 0) is 16.6 Å². The van der Waals surface area contributed by atoms with Crippen molar-refractivity contribution in [3.05, 3.63) is 40.8 Å². The Bertz CT molecular complexity index is 914. The molecular formula is C16H18N6O2. The summed E-state index contributed by atoms with van der Waals surface area (Å²) >= 11 is 0. The van der Waals surface area contributed by atoms with E-state index < -0.39 is 11.3 Å². The Morgan fingerprint density at radius 3 is 2.67 bits per heavy atom. The first-order valence-corrected chi connectivity index (χ1v) is 7.43. The third-order valence-electron chi connectivity index (χ3n) is 4.22. The quantitative estimate of drug-likeness (QED) is 0.737. The molecule has 4 N–H and O–H groups in total. The molecule has 3 aromatic rings. The minimum absolute atomic E-state index is 0.394. The van der Waals surface area contributed by atoms with Crippen LogP contribution < -0.4 is 11.5 Å². The highest BCUT2D eigenvalue weighted by Crippen LogP contribution is 2.26. The van der Waals surface area contributed by atoms with Crippen molar-refractivity contribution in [2.45, 2.75) is 32.6 Å². The molecule has 24 heavy (non-hydrogen) atoms. The molecule has 0 aliphatic carbocycles. The van der Waals surface area contributed by atoms with Crippen molar-refractivity contribution in [2.24, 2.45) is 5.73 Å². The van der Waals surface area contributed by atoms with Gasteiger partial charge in [-0.2, -0.15) is 0 Å². The molecule has 0 saturated carbocycles. The van der Waals surface area contributed by atoms with Crippen molar-refractivity contribution in [1.29, 1.82) is 0 Å². The van der Waals surface area contributed by atoms with Gasteiger partial charge in [0.15, 0.2) is 5.52 Å². The zero-order valence-corrected chi connectivity index (χ0v) is 13.7. The van der Waals surface area contributed by atoms with Gasteiger partial charge in [-0.25, -0.2) is 9.61 Å². The number of rotatable bonds is 4. The number of hydrogen-bond acceptors (Lipinski definition) is 7. The van der Waals surface area contributed by atoms with Crippen LogP contribution >= 0.6 is 0 Å². The molecule has 0 spiro atoms. The molecule has 3 aromatic heterocycles. The summed E-state index contributed by atoms with van der Waals surface area (Å²) in [5, 5.41) is 7.50. The van der Waals surface area contributed by atoms with Crippen molar-refractivity contribution >= 4 is 22.8 Å². The summed E-state index contributed by atoms with van der Waals surface area (Å²) in [6.07, 6.45) is 2.25. The van der Waals surface area contributed by atoms with Gasteiger partial charge in [0, 0.05) is 23.9 Å². The molecule has 0 unspecified atom stereocenters. The number of pyridine rings is 2. The largest absolute Gasteiger partial charge is 0.396 e. The van der Waals surface area contributed by atoms with Gasteiger partial charge in [0.05, 0.1) is 16.8 Å². The standard InChI is InChI=1S/C16H18N6O2/c1-8-10(12(17)13-14(20-8)22-24-21-13)6-9-4-5-11(19-7-9)16(2,3)15(18)23/h4-5,7H,6,17H2,1-3H3,(H2,18,23). The van der Waals surface area contributed by atoms with Crippen molar-refractivity contribution in [3.63, 3.8) is 0 Å². The molecule has 0 bridgehead atoms. The van der Waals surface area contributed by atoms with Gasteiger partial charge in [-0.15, -0.1) is 0 Å². The lowest BCUT2D eigenvalue weighted by Crippen LogP contribution is -2.36. The third kappa shape index (κ3) is 2.55. The summed E-state index contributed by atoms with van der Waals surface area (Å²) in [5.74, 6) is -0.420. The van der Waals surface area contributed by atoms with E-state index >= 15 is 0 Å². The fraction of sp³-hybridized carbons (Fsp3) is 0.312. The number of hydrogen-bond donors (Lipinski definition) is 2. The van der Waals surface area contributed by atoms with Crippen LogP contribution in [0.4, 0.5) is 5.69 Å². The van der Waals surface area contributed by atoms with E-state index in [9.17, 15) is 4.79 Å². The molecule has 8 nitrogen and oxygen atoms in total. The number of aryl methyl sites for hydroxylation is 1. The predicted octanol–water partition coefficient (Wildman–Crippen LogP) is 1.26. The maximum atomic E-state index is 11.5. The zero-order valence-electron chi connectivity index (χ0n) is 13.7. The van der Waals surface area contributed by atoms with Crippen molar-refractivity contribution in [3.8, 4) is 0 Å². The molecule has 0 fully saturated rings. The number of nitrogens with two attached hydrogens (primary N) is 2. The Morgan fingerprint density at radius 1 is 1.29 bits per heavy atom. The second-order valence-corrected chi connectivity index (χ2v) is 6.24. The molecule has 0 saturated heterocycles. The first-order valence-electron chi connectivity index (χ1n) is 7.43. The summed E-state index contributed by atoms with van der Waals surface area (Å²) in [6.45, 7) is 5.35. The summed E-state index contributed by atoms with van der Waals surface area (Å²) < 4.78 is 4.68. The van der Waals surface area contributed by atoms with Crippen molar-refractivity contribution in [2.75, 3.05) is 5.73 Å². The molecule has 0 aliphatic rings. The molecule has 0 atom stereocenters. The van der Waals surface area contributed by atoms with Gasteiger partial charge in [0.25, 0.3) is 0 Å². The molecular weight excluding hydrogens is 308 g/mol. The molecule has 0 aromatic carbocycles. The summed E-state index contributed by atoms with van der Waals surface area (Å²) in [7, 11) is 0. The topological polar surface area (TPSA) is 134 Å².